The lowest BCUT2D eigenvalue weighted by Gasteiger charge is -2.19. The molecule has 2 amide bonds. The third-order valence-corrected chi connectivity index (χ3v) is 4.66. The molecule has 0 aliphatic carbocycles. The Bertz CT molecular complexity index is 860. The van der Waals surface area contributed by atoms with E-state index in [0.717, 1.165) is 0 Å². The van der Waals surface area contributed by atoms with Crippen molar-refractivity contribution in [1.82, 2.24) is 5.32 Å². The van der Waals surface area contributed by atoms with Gasteiger partial charge in [-0.25, -0.2) is 8.42 Å². The van der Waals surface area contributed by atoms with Gasteiger partial charge in [-0.2, -0.15) is 0 Å². The smallest absolute Gasteiger partial charge is 0.261 e. The summed E-state index contributed by atoms with van der Waals surface area (Å²) in [5.74, 6) is -1.00. The molecule has 7 heteroatoms. The van der Waals surface area contributed by atoms with Gasteiger partial charge in [0.15, 0.2) is 0 Å². The molecule has 0 fully saturated rings. The molecule has 1 heterocycles. The summed E-state index contributed by atoms with van der Waals surface area (Å²) in [4.78, 5) is 23.5. The molecule has 0 unspecified atom stereocenters. The van der Waals surface area contributed by atoms with Gasteiger partial charge in [0.2, 0.25) is 5.91 Å². The Hall–Kier alpha value is -2.67. The van der Waals surface area contributed by atoms with Gasteiger partial charge < -0.3 is 0 Å². The van der Waals surface area contributed by atoms with E-state index in [2.05, 4.69) is 10.0 Å². The van der Waals surface area contributed by atoms with Crippen LogP contribution in [0.25, 0.3) is 0 Å². The van der Waals surface area contributed by atoms with E-state index in [1.54, 1.807) is 30.3 Å². The molecule has 2 aromatic rings. The van der Waals surface area contributed by atoms with E-state index in [1.165, 1.54) is 18.2 Å². The van der Waals surface area contributed by atoms with Crippen LogP contribution in [-0.2, 0) is 21.2 Å². The molecule has 0 radical (unpaired) electrons. The average Bonchev–Trinajstić information content (AvgIpc) is 2.47. The maximum atomic E-state index is 12.3. The Morgan fingerprint density at radius 1 is 0.955 bits per heavy atom. The largest absolute Gasteiger partial charge is 0.292 e. The number of hydrogen-bond acceptors (Lipinski definition) is 4. The maximum Gasteiger partial charge on any atom is 0.261 e. The van der Waals surface area contributed by atoms with E-state index in [-0.39, 0.29) is 22.6 Å². The highest BCUT2D eigenvalue weighted by molar-refractivity contribution is 7.92. The summed E-state index contributed by atoms with van der Waals surface area (Å²) in [6.07, 6.45) is 0.0436. The van der Waals surface area contributed by atoms with Crippen molar-refractivity contribution in [2.24, 2.45) is 0 Å². The van der Waals surface area contributed by atoms with Crippen molar-refractivity contribution in [1.29, 1.82) is 0 Å². The van der Waals surface area contributed by atoms with Crippen LogP contribution in [-0.4, -0.2) is 20.2 Å². The molecule has 1 aliphatic rings. The predicted molar refractivity (Wildman–Crippen MR) is 79.9 cm³/mol. The Kier molecular flexibility index (Phi) is 3.42. The second kappa shape index (κ2) is 5.27. The number of amides is 2. The third kappa shape index (κ3) is 2.58. The highest BCUT2D eigenvalue weighted by atomic mass is 32.2. The number of hydrogen-bond donors (Lipinski definition) is 2. The zero-order valence-electron chi connectivity index (χ0n) is 11.4. The van der Waals surface area contributed by atoms with Crippen LogP contribution >= 0.6 is 0 Å². The van der Waals surface area contributed by atoms with E-state index < -0.39 is 21.8 Å². The average molecular weight is 316 g/mol. The Morgan fingerprint density at radius 2 is 1.68 bits per heavy atom. The van der Waals surface area contributed by atoms with Crippen molar-refractivity contribution in [3.63, 3.8) is 0 Å². The topological polar surface area (TPSA) is 92.3 Å². The minimum atomic E-state index is -3.80. The van der Waals surface area contributed by atoms with Gasteiger partial charge in [-0.05, 0) is 23.8 Å². The predicted octanol–water partition coefficient (Wildman–Crippen LogP) is 1.30. The number of sulfonamides is 1. The fourth-order valence-corrected chi connectivity index (χ4v) is 3.40. The van der Waals surface area contributed by atoms with Crippen molar-refractivity contribution in [2.45, 2.75) is 11.3 Å². The van der Waals surface area contributed by atoms with Crippen LogP contribution in [0.4, 0.5) is 5.69 Å². The first kappa shape index (κ1) is 14.3. The van der Waals surface area contributed by atoms with Gasteiger partial charge in [-0.1, -0.05) is 30.3 Å². The molecule has 0 saturated carbocycles. The van der Waals surface area contributed by atoms with Crippen molar-refractivity contribution in [2.75, 3.05) is 4.72 Å². The second-order valence-corrected chi connectivity index (χ2v) is 6.49. The number of fused-ring (bicyclic) bond motifs is 1. The normalized spacial score (nSPS) is 14.2. The molecule has 0 bridgehead atoms. The molecule has 0 saturated heterocycles. The molecule has 2 N–H and O–H groups in total. The molecule has 112 valence electrons. The van der Waals surface area contributed by atoms with Gasteiger partial charge in [0.05, 0.1) is 22.6 Å². The summed E-state index contributed by atoms with van der Waals surface area (Å²) < 4.78 is 27.1. The van der Waals surface area contributed by atoms with E-state index in [1.807, 2.05) is 0 Å². The first-order valence-electron chi connectivity index (χ1n) is 6.51. The molecule has 0 atom stereocenters. The van der Waals surface area contributed by atoms with Gasteiger partial charge in [0.1, 0.15) is 0 Å². The molecule has 0 aromatic heterocycles. The highest BCUT2D eigenvalue weighted by Crippen LogP contribution is 2.25. The number of anilines is 1. The van der Waals surface area contributed by atoms with Crippen molar-refractivity contribution < 1.29 is 18.0 Å². The lowest BCUT2D eigenvalue weighted by atomic mass is 9.98. The molecule has 3 rings (SSSR count). The zero-order chi connectivity index (χ0) is 15.7. The van der Waals surface area contributed by atoms with Gasteiger partial charge >= 0.3 is 0 Å². The Labute approximate surface area is 127 Å². The number of benzene rings is 2. The molecule has 2 aromatic carbocycles. The lowest BCUT2D eigenvalue weighted by molar-refractivity contribution is -0.119. The number of imide groups is 1. The van der Waals surface area contributed by atoms with Crippen molar-refractivity contribution >= 4 is 27.5 Å². The first-order chi connectivity index (χ1) is 10.5. The van der Waals surface area contributed by atoms with E-state index in [4.69, 9.17) is 0 Å². The van der Waals surface area contributed by atoms with Crippen LogP contribution in [0.3, 0.4) is 0 Å². The number of rotatable bonds is 3. The van der Waals surface area contributed by atoms with Crippen molar-refractivity contribution in [3.8, 4) is 0 Å². The summed E-state index contributed by atoms with van der Waals surface area (Å²) in [5, 5.41) is 2.19. The Morgan fingerprint density at radius 3 is 2.41 bits per heavy atom. The summed E-state index contributed by atoms with van der Waals surface area (Å²) >= 11 is 0. The van der Waals surface area contributed by atoms with Gasteiger partial charge in [-0.15, -0.1) is 0 Å². The molecular formula is C15H12N2O4S. The van der Waals surface area contributed by atoms with E-state index >= 15 is 0 Å². The molecule has 1 aliphatic heterocycles. The number of carbonyl (C=O) groups is 2. The Balaban J connectivity index is 2.03. The fourth-order valence-electron chi connectivity index (χ4n) is 2.31. The van der Waals surface area contributed by atoms with Gasteiger partial charge in [0.25, 0.3) is 15.9 Å². The van der Waals surface area contributed by atoms with E-state index in [9.17, 15) is 18.0 Å². The number of nitrogens with one attached hydrogen (secondary N) is 2. The van der Waals surface area contributed by atoms with Crippen LogP contribution < -0.4 is 10.0 Å². The van der Waals surface area contributed by atoms with Crippen LogP contribution in [0.15, 0.2) is 53.4 Å². The van der Waals surface area contributed by atoms with Gasteiger partial charge in [-0.3, -0.25) is 19.6 Å². The minimum absolute atomic E-state index is 0.0436. The summed E-state index contributed by atoms with van der Waals surface area (Å²) in [5.41, 5.74) is 0.843. The van der Waals surface area contributed by atoms with Crippen LogP contribution in [0.2, 0.25) is 0 Å². The van der Waals surface area contributed by atoms with Crippen LogP contribution in [0, 0.1) is 0 Å². The summed E-state index contributed by atoms with van der Waals surface area (Å²) in [6.45, 7) is 0. The highest BCUT2D eigenvalue weighted by Gasteiger charge is 2.26. The third-order valence-electron chi connectivity index (χ3n) is 3.28. The molecule has 6 nitrogen and oxygen atoms in total. The quantitative estimate of drug-likeness (QED) is 0.835. The summed E-state index contributed by atoms with van der Waals surface area (Å²) in [7, 11) is -3.80. The monoisotopic (exact) mass is 316 g/mol. The second-order valence-electron chi connectivity index (χ2n) is 4.81. The molecule has 22 heavy (non-hydrogen) atoms. The summed E-state index contributed by atoms with van der Waals surface area (Å²) in [6, 6.07) is 12.6. The minimum Gasteiger partial charge on any atom is -0.292 e. The zero-order valence-corrected chi connectivity index (χ0v) is 12.2. The molecular weight excluding hydrogens is 304 g/mol. The van der Waals surface area contributed by atoms with Crippen molar-refractivity contribution in [3.05, 3.63) is 59.7 Å². The van der Waals surface area contributed by atoms with E-state index in [0.29, 0.717) is 5.56 Å². The SMILES string of the molecule is O=C1Cc2cccc(NS(=O)(=O)c3ccccc3)c2C(=O)N1. The lowest BCUT2D eigenvalue weighted by Crippen LogP contribution is -2.38. The van der Waals surface area contributed by atoms with Crippen LogP contribution in [0.5, 0.6) is 0 Å². The molecule has 0 spiro atoms. The number of carbonyl (C=O) groups excluding carboxylic acids is 2. The fraction of sp³-hybridized carbons (Fsp3) is 0.0667. The maximum absolute atomic E-state index is 12.3. The van der Waals surface area contributed by atoms with Gasteiger partial charge in [0, 0.05) is 0 Å². The van der Waals surface area contributed by atoms with Crippen LogP contribution in [0.1, 0.15) is 15.9 Å². The first-order valence-corrected chi connectivity index (χ1v) is 7.99. The standard InChI is InChI=1S/C15H12N2O4S/c18-13-9-10-5-4-8-12(14(10)15(19)16-13)17-22(20,21)11-6-2-1-3-7-11/h1-8,17H,9H2,(H,16,18,19).